The van der Waals surface area contributed by atoms with E-state index in [4.69, 9.17) is 13.3 Å². The van der Waals surface area contributed by atoms with E-state index in [1.165, 1.54) is 16.6 Å². The van der Waals surface area contributed by atoms with Gasteiger partial charge in [-0.05, 0) is 98.6 Å². The number of fused-ring (bicyclic) bond motifs is 12. The molecule has 0 aliphatic carbocycles. The standard InChI is InChI=1S/C70H53BN2O3/c1-69(2,3)45-30-33-47(34-31-45)73-59-41-63-52(48-26-16-18-28-61(48)74-63)37-51(59)53-38-54-49-27-17-19-29-62(49)75-68(54)65-64(53)71(73)57-39-55-56(67(44-24-14-9-15-25-44)76-66(55)43-22-12-8-13-23-43)40-60(57)72(65)58-35-32-46(70(4,5)6)36-50(58)42-20-10-7-11-21-42/h7-41H,1-6H3. The number of benzene rings is 10. The van der Waals surface area contributed by atoms with Gasteiger partial charge in [-0.1, -0.05) is 193 Å². The van der Waals surface area contributed by atoms with Crippen LogP contribution in [0.5, 0.6) is 0 Å². The van der Waals surface area contributed by atoms with Gasteiger partial charge < -0.3 is 23.0 Å². The molecule has 10 aromatic carbocycles. The van der Waals surface area contributed by atoms with E-state index in [0.717, 1.165) is 133 Å². The Hall–Kier alpha value is -9.00. The fourth-order valence-electron chi connectivity index (χ4n) is 12.4. The number of anilines is 5. The van der Waals surface area contributed by atoms with Crippen LogP contribution in [0.3, 0.4) is 0 Å². The van der Waals surface area contributed by atoms with E-state index in [-0.39, 0.29) is 17.7 Å². The SMILES string of the molecule is CC(C)(C)c1ccc(N2B3c4cc5c(-c6ccccc6)oc(-c6ccccc6)c5cc4N(c4ccc(C(C)(C)C)cc4-c4ccccc4)c4c3c(cc3c4oc4ccccc43)-c3cc4c(cc32)oc2ccccc24)cc1. The Morgan fingerprint density at radius 2 is 0.921 bits per heavy atom. The molecule has 0 unspecified atom stereocenters. The minimum absolute atomic E-state index is 0.0421. The fourth-order valence-corrected chi connectivity index (χ4v) is 12.4. The maximum absolute atomic E-state index is 7.36. The molecule has 5 nitrogen and oxygen atoms in total. The first-order valence-electron chi connectivity index (χ1n) is 26.5. The lowest BCUT2D eigenvalue weighted by Crippen LogP contribution is -2.61. The van der Waals surface area contributed by atoms with E-state index in [2.05, 4.69) is 264 Å². The van der Waals surface area contributed by atoms with Crippen molar-refractivity contribution < 1.29 is 13.3 Å². The second kappa shape index (κ2) is 16.3. The number of hydrogen-bond donors (Lipinski definition) is 0. The van der Waals surface area contributed by atoms with Crippen molar-refractivity contribution in [1.29, 1.82) is 0 Å². The quantitative estimate of drug-likeness (QED) is 0.161. The van der Waals surface area contributed by atoms with E-state index >= 15 is 0 Å². The summed E-state index contributed by atoms with van der Waals surface area (Å²) >= 11 is 0. The first-order valence-corrected chi connectivity index (χ1v) is 26.5. The largest absolute Gasteiger partial charge is 0.456 e. The molecule has 0 atom stereocenters. The normalized spacial score (nSPS) is 13.3. The molecular weight excluding hydrogens is 928 g/mol. The van der Waals surface area contributed by atoms with Crippen LogP contribution >= 0.6 is 0 Å². The lowest BCUT2D eigenvalue weighted by atomic mass is 9.43. The van der Waals surface area contributed by atoms with Crippen LogP contribution in [0.4, 0.5) is 28.4 Å². The van der Waals surface area contributed by atoms with E-state index in [1.807, 2.05) is 0 Å². The number of nitrogens with zero attached hydrogens (tertiary/aromatic N) is 2. The van der Waals surface area contributed by atoms with Crippen molar-refractivity contribution >= 4 is 101 Å². The number of rotatable bonds is 5. The van der Waals surface area contributed by atoms with Gasteiger partial charge in [-0.15, -0.1) is 0 Å². The van der Waals surface area contributed by atoms with Crippen LogP contribution < -0.4 is 20.6 Å². The van der Waals surface area contributed by atoms with Gasteiger partial charge in [0, 0.05) is 77.7 Å². The Balaban J connectivity index is 1.15. The van der Waals surface area contributed by atoms with Crippen molar-refractivity contribution in [3.63, 3.8) is 0 Å². The second-order valence-electron chi connectivity index (χ2n) is 22.8. The predicted molar refractivity (Wildman–Crippen MR) is 318 cm³/mol. The predicted octanol–water partition coefficient (Wildman–Crippen LogP) is 18.5. The van der Waals surface area contributed by atoms with Gasteiger partial charge in [-0.25, -0.2) is 0 Å². The Kier molecular flexibility index (Phi) is 9.51. The molecule has 0 saturated heterocycles. The molecule has 5 heterocycles. The molecular formula is C70H53BN2O3. The fraction of sp³-hybridized carbons (Fsp3) is 0.114. The smallest absolute Gasteiger partial charge is 0.333 e. The maximum atomic E-state index is 7.36. The third-order valence-electron chi connectivity index (χ3n) is 16.2. The van der Waals surface area contributed by atoms with E-state index in [1.54, 1.807) is 0 Å². The molecule has 6 heteroatoms. The molecule has 0 N–H and O–H groups in total. The molecule has 2 aliphatic rings. The van der Waals surface area contributed by atoms with Crippen LogP contribution in [0.15, 0.2) is 226 Å². The molecule has 364 valence electrons. The topological polar surface area (TPSA) is 45.9 Å². The Bertz CT molecular complexity index is 4480. The highest BCUT2D eigenvalue weighted by atomic mass is 16.3. The molecule has 15 rings (SSSR count). The number of furan rings is 3. The van der Waals surface area contributed by atoms with Crippen LogP contribution in [-0.4, -0.2) is 6.85 Å². The van der Waals surface area contributed by atoms with Crippen molar-refractivity contribution in [3.8, 4) is 44.9 Å². The van der Waals surface area contributed by atoms with Crippen LogP contribution in [0, 0.1) is 0 Å². The molecule has 0 spiro atoms. The van der Waals surface area contributed by atoms with Crippen molar-refractivity contribution in [2.75, 3.05) is 9.71 Å². The average Bonchev–Trinajstić information content (AvgIpc) is 4.14. The van der Waals surface area contributed by atoms with Crippen LogP contribution in [0.25, 0.3) is 99.6 Å². The van der Waals surface area contributed by atoms with Gasteiger partial charge in [0.05, 0.1) is 11.4 Å². The molecule has 0 fully saturated rings. The summed E-state index contributed by atoms with van der Waals surface area (Å²) in [4.78, 5) is 5.13. The van der Waals surface area contributed by atoms with Gasteiger partial charge in [-0.3, -0.25) is 0 Å². The molecule has 0 saturated carbocycles. The molecule has 0 bridgehead atoms. The Morgan fingerprint density at radius 1 is 0.368 bits per heavy atom. The van der Waals surface area contributed by atoms with E-state index in [0.29, 0.717) is 0 Å². The summed E-state index contributed by atoms with van der Waals surface area (Å²) in [5, 5.41) is 6.40. The highest BCUT2D eigenvalue weighted by Crippen LogP contribution is 2.55. The summed E-state index contributed by atoms with van der Waals surface area (Å²) in [6.45, 7) is 13.4. The number of para-hydroxylation sites is 2. The minimum Gasteiger partial charge on any atom is -0.456 e. The zero-order valence-electron chi connectivity index (χ0n) is 43.4. The van der Waals surface area contributed by atoms with Crippen molar-refractivity contribution in [2.24, 2.45) is 0 Å². The molecule has 13 aromatic rings. The highest BCUT2D eigenvalue weighted by molar-refractivity contribution is 6.94. The molecule has 76 heavy (non-hydrogen) atoms. The summed E-state index contributed by atoms with van der Waals surface area (Å²) in [6, 6.07) is 77.3. The first-order chi connectivity index (χ1) is 37.0. The van der Waals surface area contributed by atoms with Crippen molar-refractivity contribution in [1.82, 2.24) is 0 Å². The zero-order chi connectivity index (χ0) is 51.2. The maximum Gasteiger partial charge on any atom is 0.333 e. The summed E-state index contributed by atoms with van der Waals surface area (Å²) in [6.07, 6.45) is 0. The molecule has 0 amide bonds. The lowest BCUT2D eigenvalue weighted by molar-refractivity contribution is 0.590. The van der Waals surface area contributed by atoms with Gasteiger partial charge in [0.15, 0.2) is 5.58 Å². The van der Waals surface area contributed by atoms with Gasteiger partial charge in [0.2, 0.25) is 0 Å². The van der Waals surface area contributed by atoms with Gasteiger partial charge >= 0.3 is 6.85 Å². The second-order valence-corrected chi connectivity index (χ2v) is 22.8. The number of hydrogen-bond acceptors (Lipinski definition) is 5. The molecule has 0 radical (unpaired) electrons. The summed E-state index contributed by atoms with van der Waals surface area (Å²) in [5.74, 6) is 1.66. The van der Waals surface area contributed by atoms with Crippen LogP contribution in [0.1, 0.15) is 52.7 Å². The zero-order valence-corrected chi connectivity index (χ0v) is 43.4. The van der Waals surface area contributed by atoms with Gasteiger partial charge in [0.25, 0.3) is 0 Å². The van der Waals surface area contributed by atoms with Gasteiger partial charge in [-0.2, -0.15) is 0 Å². The lowest BCUT2D eigenvalue weighted by Gasteiger charge is -2.46. The van der Waals surface area contributed by atoms with Gasteiger partial charge in [0.1, 0.15) is 28.3 Å². The summed E-state index contributed by atoms with van der Waals surface area (Å²) in [5.41, 5.74) is 20.0. The third-order valence-corrected chi connectivity index (χ3v) is 16.2. The molecule has 3 aromatic heterocycles. The Labute approximate surface area is 442 Å². The minimum atomic E-state index is -0.346. The summed E-state index contributed by atoms with van der Waals surface area (Å²) < 4.78 is 21.4. The summed E-state index contributed by atoms with van der Waals surface area (Å²) in [7, 11) is 0. The van der Waals surface area contributed by atoms with E-state index in [9.17, 15) is 0 Å². The highest BCUT2D eigenvalue weighted by Gasteiger charge is 2.48. The van der Waals surface area contributed by atoms with Crippen LogP contribution in [0.2, 0.25) is 0 Å². The average molecular weight is 981 g/mol. The monoisotopic (exact) mass is 980 g/mol. The first kappa shape index (κ1) is 44.5. The Morgan fingerprint density at radius 3 is 1.57 bits per heavy atom. The van der Waals surface area contributed by atoms with Crippen molar-refractivity contribution in [3.05, 3.63) is 223 Å². The van der Waals surface area contributed by atoms with E-state index < -0.39 is 0 Å². The molecule has 2 aliphatic heterocycles. The van der Waals surface area contributed by atoms with Crippen molar-refractivity contribution in [2.45, 2.75) is 52.4 Å². The third kappa shape index (κ3) is 6.66. The van der Waals surface area contributed by atoms with Crippen LogP contribution in [-0.2, 0) is 10.8 Å².